The van der Waals surface area contributed by atoms with Crippen LogP contribution in [0.25, 0.3) is 22.6 Å². The third-order valence-electron chi connectivity index (χ3n) is 8.92. The lowest BCUT2D eigenvalue weighted by atomic mass is 9.99. The van der Waals surface area contributed by atoms with Gasteiger partial charge in [-0.2, -0.15) is 0 Å². The molecule has 13 heteroatoms. The molecule has 4 heterocycles. The van der Waals surface area contributed by atoms with Crippen LogP contribution in [-0.2, 0) is 24.2 Å². The molecule has 0 atom stereocenters. The number of hydrogen-bond donors (Lipinski definition) is 1. The molecule has 2 aromatic carbocycles. The van der Waals surface area contributed by atoms with E-state index in [4.69, 9.17) is 4.74 Å². The Morgan fingerprint density at radius 1 is 0.960 bits per heavy atom. The molecule has 0 fully saturated rings. The summed E-state index contributed by atoms with van der Waals surface area (Å²) in [6.45, 7) is 4.44. The molecule has 260 valence electrons. The molecule has 0 aliphatic carbocycles. The van der Waals surface area contributed by atoms with Crippen molar-refractivity contribution >= 4 is 28.8 Å². The summed E-state index contributed by atoms with van der Waals surface area (Å²) in [5.41, 5.74) is 2.25. The van der Waals surface area contributed by atoms with Crippen LogP contribution in [0.2, 0.25) is 0 Å². The maximum atomic E-state index is 13.7. The molecule has 2 amide bonds. The van der Waals surface area contributed by atoms with Gasteiger partial charge in [-0.05, 0) is 80.1 Å². The van der Waals surface area contributed by atoms with Crippen LogP contribution in [0, 0.1) is 5.82 Å². The van der Waals surface area contributed by atoms with Crippen molar-refractivity contribution in [1.82, 2.24) is 29.0 Å². The number of unbranched alkanes of at least 4 members (excludes halogenated alkanes) is 1. The number of carbonyl (C=O) groups is 2. The Morgan fingerprint density at radius 2 is 1.76 bits per heavy atom. The van der Waals surface area contributed by atoms with Crippen LogP contribution in [0.5, 0.6) is 0 Å². The third-order valence-corrected chi connectivity index (χ3v) is 8.92. The van der Waals surface area contributed by atoms with E-state index in [1.165, 1.54) is 38.3 Å². The van der Waals surface area contributed by atoms with Gasteiger partial charge in [0.05, 0.1) is 0 Å². The smallest absolute Gasteiger partial charge is 0.332 e. The van der Waals surface area contributed by atoms with Crippen LogP contribution in [-0.4, -0.2) is 74.2 Å². The van der Waals surface area contributed by atoms with Gasteiger partial charge in [0, 0.05) is 69.3 Å². The van der Waals surface area contributed by atoms with Gasteiger partial charge in [-0.25, -0.2) is 19.2 Å². The molecule has 0 saturated heterocycles. The third kappa shape index (κ3) is 7.13. The van der Waals surface area contributed by atoms with Crippen LogP contribution in [0.1, 0.15) is 58.9 Å². The molecular formula is C37H40FN7O5. The van der Waals surface area contributed by atoms with E-state index in [1.807, 2.05) is 31.2 Å². The molecular weight excluding hydrogens is 641 g/mol. The highest BCUT2D eigenvalue weighted by Gasteiger charge is 2.25. The van der Waals surface area contributed by atoms with E-state index >= 15 is 0 Å². The Hall–Kier alpha value is -5.43. The summed E-state index contributed by atoms with van der Waals surface area (Å²) in [5, 5.41) is 0. The van der Waals surface area contributed by atoms with Crippen molar-refractivity contribution in [3.8, 4) is 11.4 Å². The fourth-order valence-corrected chi connectivity index (χ4v) is 6.30. The summed E-state index contributed by atoms with van der Waals surface area (Å²) in [7, 11) is 1.61. The second-order valence-electron chi connectivity index (χ2n) is 12.3. The fourth-order valence-electron chi connectivity index (χ4n) is 6.30. The number of nitrogens with one attached hydrogen (secondary N) is 1. The Labute approximate surface area is 288 Å². The van der Waals surface area contributed by atoms with Crippen LogP contribution >= 0.6 is 0 Å². The minimum Gasteiger partial charge on any atom is -0.385 e. The highest BCUT2D eigenvalue weighted by atomic mass is 19.1. The second-order valence-corrected chi connectivity index (χ2v) is 12.3. The van der Waals surface area contributed by atoms with Crippen molar-refractivity contribution in [2.24, 2.45) is 0 Å². The van der Waals surface area contributed by atoms with E-state index in [1.54, 1.807) is 30.3 Å². The molecule has 50 heavy (non-hydrogen) atoms. The van der Waals surface area contributed by atoms with Crippen molar-refractivity contribution in [2.75, 3.05) is 38.3 Å². The normalized spacial score (nSPS) is 12.8. The highest BCUT2D eigenvalue weighted by molar-refractivity contribution is 6.05. The zero-order valence-corrected chi connectivity index (χ0v) is 28.2. The summed E-state index contributed by atoms with van der Waals surface area (Å²) in [4.78, 5) is 69.3. The van der Waals surface area contributed by atoms with Gasteiger partial charge in [-0.3, -0.25) is 28.4 Å². The molecule has 12 nitrogen and oxygen atoms in total. The number of pyridine rings is 1. The predicted molar refractivity (Wildman–Crippen MR) is 188 cm³/mol. The van der Waals surface area contributed by atoms with Gasteiger partial charge < -0.3 is 14.6 Å². The Kier molecular flexibility index (Phi) is 10.6. The van der Waals surface area contributed by atoms with Gasteiger partial charge in [-0.15, -0.1) is 0 Å². The number of aryl methyl sites for hydroxylation is 1. The van der Waals surface area contributed by atoms with Gasteiger partial charge in [0.2, 0.25) is 0 Å². The van der Waals surface area contributed by atoms with E-state index in [-0.39, 0.29) is 36.1 Å². The minimum absolute atomic E-state index is 0.0289. The number of H-pyrrole nitrogens is 1. The van der Waals surface area contributed by atoms with Crippen LogP contribution in [0.3, 0.4) is 0 Å². The highest BCUT2D eigenvalue weighted by Crippen LogP contribution is 2.23. The molecule has 0 bridgehead atoms. The maximum Gasteiger partial charge on any atom is 0.332 e. The van der Waals surface area contributed by atoms with Gasteiger partial charge in [0.25, 0.3) is 17.4 Å². The molecule has 3 aromatic heterocycles. The van der Waals surface area contributed by atoms with E-state index in [0.29, 0.717) is 80.3 Å². The molecule has 1 aliphatic heterocycles. The number of aromatic nitrogens is 5. The molecule has 1 N–H and O–H groups in total. The molecule has 0 spiro atoms. The Bertz CT molecular complexity index is 2100. The van der Waals surface area contributed by atoms with E-state index in [2.05, 4.69) is 15.0 Å². The molecule has 1 aliphatic rings. The minimum atomic E-state index is -0.451. The maximum absolute atomic E-state index is 13.7. The second kappa shape index (κ2) is 15.4. The topological polar surface area (TPSA) is 135 Å². The summed E-state index contributed by atoms with van der Waals surface area (Å²) in [6.07, 6.45) is 4.80. The van der Waals surface area contributed by atoms with E-state index < -0.39 is 17.1 Å². The van der Waals surface area contributed by atoms with Gasteiger partial charge in [0.15, 0.2) is 5.65 Å². The molecule has 0 radical (unpaired) electrons. The standard InChI is InChI=1S/C37H40FN7O5/c1-3-18-44-33-31(36(48)45(37(44)49)20-6-7-23-50-2)40-32(41-33)27-13-16-30(39-24-27)43(34(46)26-11-14-28(38)15-12-26)21-8-19-42-22-17-25-9-4-5-10-29(25)35(42)47/h4-5,9-16,24H,3,6-8,17-23H2,1-2H3,(H,40,41). The average molecular weight is 682 g/mol. The number of hydrogen-bond acceptors (Lipinski definition) is 7. The molecule has 6 rings (SSSR count). The summed E-state index contributed by atoms with van der Waals surface area (Å²) < 4.78 is 21.6. The lowest BCUT2D eigenvalue weighted by Crippen LogP contribution is -2.40. The number of amides is 2. The average Bonchev–Trinajstić information content (AvgIpc) is 3.58. The first kappa shape index (κ1) is 34.4. The quantitative estimate of drug-likeness (QED) is 0.169. The number of anilines is 1. The van der Waals surface area contributed by atoms with Gasteiger partial charge >= 0.3 is 5.69 Å². The zero-order chi connectivity index (χ0) is 35.2. The summed E-state index contributed by atoms with van der Waals surface area (Å²) >= 11 is 0. The zero-order valence-electron chi connectivity index (χ0n) is 28.2. The lowest BCUT2D eigenvalue weighted by molar-refractivity contribution is 0.0738. The Morgan fingerprint density at radius 3 is 2.50 bits per heavy atom. The number of aromatic amines is 1. The number of halogens is 1. The first-order valence-corrected chi connectivity index (χ1v) is 16.9. The Balaban J connectivity index is 1.26. The number of fused-ring (bicyclic) bond motifs is 2. The number of methoxy groups -OCH3 is 1. The number of benzene rings is 2. The first-order valence-electron chi connectivity index (χ1n) is 16.9. The van der Waals surface area contributed by atoms with Crippen LogP contribution < -0.4 is 16.1 Å². The van der Waals surface area contributed by atoms with Gasteiger partial charge in [-0.1, -0.05) is 25.1 Å². The monoisotopic (exact) mass is 681 g/mol. The number of rotatable bonds is 14. The largest absolute Gasteiger partial charge is 0.385 e. The van der Waals surface area contributed by atoms with Crippen molar-refractivity contribution < 1.29 is 18.7 Å². The van der Waals surface area contributed by atoms with Crippen LogP contribution in [0.4, 0.5) is 10.2 Å². The number of nitrogens with zero attached hydrogens (tertiary/aromatic N) is 6. The SMILES string of the molecule is CCCn1c(=O)n(CCCCOC)c(=O)c2[nH]c(-c3ccc(N(CCCN4CCc5ccccc5C4=O)C(=O)c4ccc(F)cc4)nc3)nc21. The van der Waals surface area contributed by atoms with Crippen molar-refractivity contribution in [3.63, 3.8) is 0 Å². The number of imidazole rings is 1. The van der Waals surface area contributed by atoms with E-state index in [9.17, 15) is 23.6 Å². The molecule has 0 saturated carbocycles. The van der Waals surface area contributed by atoms with Crippen LogP contribution in [0.15, 0.2) is 76.4 Å². The summed E-state index contributed by atoms with van der Waals surface area (Å²) in [6, 6.07) is 16.3. The van der Waals surface area contributed by atoms with E-state index in [0.717, 1.165) is 12.0 Å². The number of carbonyl (C=O) groups excluding carboxylic acids is 2. The fraction of sp³-hybridized carbons (Fsp3) is 0.351. The first-order chi connectivity index (χ1) is 24.3. The lowest BCUT2D eigenvalue weighted by Gasteiger charge is -2.29. The molecule has 0 unspecified atom stereocenters. The van der Waals surface area contributed by atoms with Crippen molar-refractivity contribution in [3.05, 3.63) is 110 Å². The predicted octanol–water partition coefficient (Wildman–Crippen LogP) is 4.66. The van der Waals surface area contributed by atoms with Crippen molar-refractivity contribution in [1.29, 1.82) is 0 Å². The molecule has 5 aromatic rings. The van der Waals surface area contributed by atoms with Gasteiger partial charge in [0.1, 0.15) is 23.0 Å². The summed E-state index contributed by atoms with van der Waals surface area (Å²) in [5.74, 6) is -0.126. The number of ether oxygens (including phenoxy) is 1. The van der Waals surface area contributed by atoms with Crippen molar-refractivity contribution in [2.45, 2.75) is 52.1 Å².